The fraction of sp³-hybridized carbons (Fsp3) is 0.500. The Bertz CT molecular complexity index is 454. The van der Waals surface area contributed by atoms with Gasteiger partial charge in [0.05, 0.1) is 6.61 Å². The van der Waals surface area contributed by atoms with Crippen molar-refractivity contribution >= 4 is 11.8 Å². The van der Waals surface area contributed by atoms with Gasteiger partial charge in [0.25, 0.3) is 0 Å². The van der Waals surface area contributed by atoms with Crippen LogP contribution in [0.1, 0.15) is 18.1 Å². The lowest BCUT2D eigenvalue weighted by Gasteiger charge is -2.11. The molecule has 3 heteroatoms. The van der Waals surface area contributed by atoms with Crippen LogP contribution in [0.2, 0.25) is 0 Å². The molecule has 1 aromatic rings. The van der Waals surface area contributed by atoms with Gasteiger partial charge in [0.15, 0.2) is 0 Å². The molecule has 0 spiro atoms. The zero-order chi connectivity index (χ0) is 13.7. The van der Waals surface area contributed by atoms with Gasteiger partial charge in [-0.2, -0.15) is 0 Å². The average molecular weight is 260 g/mol. The van der Waals surface area contributed by atoms with Crippen molar-refractivity contribution in [2.45, 2.75) is 13.3 Å². The van der Waals surface area contributed by atoms with E-state index in [1.807, 2.05) is 0 Å². The lowest BCUT2D eigenvalue weighted by molar-refractivity contribution is 0.200. The Labute approximate surface area is 116 Å². The molecular formula is C16H24N2O. The maximum Gasteiger partial charge on any atom is 0.0587 e. The zero-order valence-corrected chi connectivity index (χ0v) is 12.2. The molecule has 1 aromatic carbocycles. The normalized spacial score (nSPS) is 14.9. The van der Waals surface area contributed by atoms with Crippen molar-refractivity contribution in [1.29, 1.82) is 0 Å². The van der Waals surface area contributed by atoms with Crippen LogP contribution in [-0.2, 0) is 11.2 Å². The predicted octanol–water partition coefficient (Wildman–Crippen LogP) is 2.32. The van der Waals surface area contributed by atoms with Crippen molar-refractivity contribution in [2.75, 3.05) is 45.3 Å². The summed E-state index contributed by atoms with van der Waals surface area (Å²) in [7, 11) is 3.89. The molecule has 0 amide bonds. The van der Waals surface area contributed by atoms with Crippen molar-refractivity contribution < 1.29 is 4.74 Å². The monoisotopic (exact) mass is 260 g/mol. The van der Waals surface area contributed by atoms with E-state index in [1.54, 1.807) is 7.11 Å². The number of benzene rings is 1. The van der Waals surface area contributed by atoms with Gasteiger partial charge < -0.3 is 15.0 Å². The molecule has 2 rings (SSSR count). The summed E-state index contributed by atoms with van der Waals surface area (Å²) in [6.45, 7) is 5.88. The number of hydrogen-bond donors (Lipinski definition) is 1. The summed E-state index contributed by atoms with van der Waals surface area (Å²) >= 11 is 0. The number of ether oxygens (including phenoxy) is 1. The Balaban J connectivity index is 1.95. The summed E-state index contributed by atoms with van der Waals surface area (Å²) in [5.74, 6) is 0. The molecule has 0 atom stereocenters. The zero-order valence-electron chi connectivity index (χ0n) is 12.2. The topological polar surface area (TPSA) is 24.5 Å². The Morgan fingerprint density at radius 1 is 1.47 bits per heavy atom. The van der Waals surface area contributed by atoms with Gasteiger partial charge in [0.1, 0.15) is 0 Å². The van der Waals surface area contributed by atoms with E-state index in [-0.39, 0.29) is 0 Å². The van der Waals surface area contributed by atoms with Crippen LogP contribution in [0.3, 0.4) is 0 Å². The maximum atomic E-state index is 5.02. The van der Waals surface area contributed by atoms with Gasteiger partial charge in [-0.05, 0) is 36.6 Å². The fourth-order valence-electron chi connectivity index (χ4n) is 2.47. The second-order valence-electron chi connectivity index (χ2n) is 5.22. The molecule has 0 fully saturated rings. The summed E-state index contributed by atoms with van der Waals surface area (Å²) in [6.07, 6.45) is 3.43. The molecule has 1 N–H and O–H groups in total. The second kappa shape index (κ2) is 6.73. The van der Waals surface area contributed by atoms with Crippen LogP contribution in [0, 0.1) is 0 Å². The van der Waals surface area contributed by atoms with E-state index < -0.39 is 0 Å². The molecule has 104 valence electrons. The molecule has 0 aromatic heterocycles. The number of nitrogens with zero attached hydrogens (tertiary/aromatic N) is 1. The van der Waals surface area contributed by atoms with Gasteiger partial charge in [-0.25, -0.2) is 0 Å². The number of likely N-dealkylation sites (N-methyl/N-ethyl adjacent to an activating group) is 1. The average Bonchev–Trinajstić information content (AvgIpc) is 2.76. The molecule has 3 nitrogen and oxygen atoms in total. The number of methoxy groups -OCH3 is 1. The van der Waals surface area contributed by atoms with Crippen molar-refractivity contribution in [3.05, 3.63) is 34.9 Å². The van der Waals surface area contributed by atoms with Gasteiger partial charge in [0.2, 0.25) is 0 Å². The van der Waals surface area contributed by atoms with Gasteiger partial charge >= 0.3 is 0 Å². The van der Waals surface area contributed by atoms with E-state index in [0.29, 0.717) is 0 Å². The largest absolute Gasteiger partial charge is 0.383 e. The molecule has 1 heterocycles. The minimum Gasteiger partial charge on any atom is -0.383 e. The number of nitrogens with one attached hydrogen (secondary N) is 1. The van der Waals surface area contributed by atoms with Crippen LogP contribution in [0.4, 0.5) is 5.69 Å². The van der Waals surface area contributed by atoms with E-state index in [4.69, 9.17) is 4.74 Å². The summed E-state index contributed by atoms with van der Waals surface area (Å²) < 4.78 is 5.02. The molecule has 0 saturated heterocycles. The third-order valence-electron chi connectivity index (χ3n) is 3.53. The lowest BCUT2D eigenvalue weighted by atomic mass is 10.1. The highest BCUT2D eigenvalue weighted by Gasteiger charge is 2.14. The summed E-state index contributed by atoms with van der Waals surface area (Å²) in [4.78, 5) is 2.32. The second-order valence-corrected chi connectivity index (χ2v) is 5.22. The first-order valence-electron chi connectivity index (χ1n) is 6.91. The van der Waals surface area contributed by atoms with Crippen molar-refractivity contribution in [2.24, 2.45) is 0 Å². The van der Waals surface area contributed by atoms with Crippen LogP contribution in [0.5, 0.6) is 0 Å². The summed E-state index contributed by atoms with van der Waals surface area (Å²) in [6, 6.07) is 6.76. The highest BCUT2D eigenvalue weighted by molar-refractivity contribution is 5.64. The third-order valence-corrected chi connectivity index (χ3v) is 3.53. The smallest absolute Gasteiger partial charge is 0.0587 e. The molecule has 0 aliphatic carbocycles. The van der Waals surface area contributed by atoms with E-state index in [2.05, 4.69) is 48.5 Å². The molecule has 0 unspecified atom stereocenters. The highest BCUT2D eigenvalue weighted by atomic mass is 16.5. The summed E-state index contributed by atoms with van der Waals surface area (Å²) in [5.41, 5.74) is 5.51. The van der Waals surface area contributed by atoms with Crippen molar-refractivity contribution in [3.8, 4) is 0 Å². The van der Waals surface area contributed by atoms with Gasteiger partial charge in [-0.1, -0.05) is 17.7 Å². The van der Waals surface area contributed by atoms with Crippen LogP contribution >= 0.6 is 0 Å². The van der Waals surface area contributed by atoms with Crippen LogP contribution in [-0.4, -0.2) is 40.4 Å². The van der Waals surface area contributed by atoms with Crippen LogP contribution < -0.4 is 10.2 Å². The van der Waals surface area contributed by atoms with Crippen LogP contribution in [0.15, 0.2) is 23.8 Å². The number of anilines is 1. The minimum atomic E-state index is 0.762. The van der Waals surface area contributed by atoms with E-state index in [1.165, 1.54) is 28.8 Å². The lowest BCUT2D eigenvalue weighted by Crippen LogP contribution is -2.20. The number of fused-ring (bicyclic) bond motifs is 1. The molecule has 0 bridgehead atoms. The first-order chi connectivity index (χ1) is 9.20. The third kappa shape index (κ3) is 3.82. The Morgan fingerprint density at radius 3 is 3.11 bits per heavy atom. The first kappa shape index (κ1) is 14.1. The SMILES string of the molecule is COCCNCC(C)=Cc1ccc2c(c1)CCN2C. The predicted molar refractivity (Wildman–Crippen MR) is 81.8 cm³/mol. The Morgan fingerprint density at radius 2 is 2.32 bits per heavy atom. The van der Waals surface area contributed by atoms with Crippen molar-refractivity contribution in [3.63, 3.8) is 0 Å². The standard InChI is InChI=1S/C16H24N2O/c1-13(12-17-7-9-19-3)10-14-4-5-16-15(11-14)6-8-18(16)2/h4-5,10-11,17H,6-9,12H2,1-3H3. The van der Waals surface area contributed by atoms with E-state index in [0.717, 1.165) is 26.2 Å². The maximum absolute atomic E-state index is 5.02. The molecule has 1 aliphatic rings. The molecule has 0 saturated carbocycles. The van der Waals surface area contributed by atoms with Gasteiger partial charge in [0, 0.05) is 39.5 Å². The molecular weight excluding hydrogens is 236 g/mol. The molecule has 0 radical (unpaired) electrons. The summed E-state index contributed by atoms with van der Waals surface area (Å²) in [5, 5.41) is 3.36. The fourth-order valence-corrected chi connectivity index (χ4v) is 2.47. The Kier molecular flexibility index (Phi) is 5.00. The number of hydrogen-bond acceptors (Lipinski definition) is 3. The number of rotatable bonds is 6. The minimum absolute atomic E-state index is 0.762. The van der Waals surface area contributed by atoms with Gasteiger partial charge in [-0.3, -0.25) is 0 Å². The van der Waals surface area contributed by atoms with E-state index >= 15 is 0 Å². The highest BCUT2D eigenvalue weighted by Crippen LogP contribution is 2.27. The Hall–Kier alpha value is -1.32. The van der Waals surface area contributed by atoms with Gasteiger partial charge in [-0.15, -0.1) is 0 Å². The van der Waals surface area contributed by atoms with Crippen molar-refractivity contribution in [1.82, 2.24) is 5.32 Å². The molecule has 19 heavy (non-hydrogen) atoms. The van der Waals surface area contributed by atoms with E-state index in [9.17, 15) is 0 Å². The molecule has 1 aliphatic heterocycles. The van der Waals surface area contributed by atoms with Crippen LogP contribution in [0.25, 0.3) is 6.08 Å². The first-order valence-corrected chi connectivity index (χ1v) is 6.91. The quantitative estimate of drug-likeness (QED) is 0.794.